The molecule has 140 valence electrons. The lowest BCUT2D eigenvalue weighted by Crippen LogP contribution is -2.34. The van der Waals surface area contributed by atoms with Crippen molar-refractivity contribution in [1.82, 2.24) is 0 Å². The second-order valence-corrected chi connectivity index (χ2v) is 8.18. The fourth-order valence-corrected chi connectivity index (χ4v) is 4.56. The number of furan rings is 1. The molecule has 0 unspecified atom stereocenters. The van der Waals surface area contributed by atoms with E-state index < -0.39 is 17.5 Å². The van der Waals surface area contributed by atoms with E-state index in [4.69, 9.17) is 13.9 Å². The Labute approximate surface area is 165 Å². The number of carbonyl (C=O) groups excluding carboxylic acids is 2. The molecule has 2 heterocycles. The fraction of sp³-hybridized carbons (Fsp3) is 0.333. The molecule has 6 heteroatoms. The van der Waals surface area contributed by atoms with E-state index in [1.54, 1.807) is 30.7 Å². The zero-order valence-electron chi connectivity index (χ0n) is 15.0. The topological polar surface area (TPSA) is 65.7 Å². The van der Waals surface area contributed by atoms with Crippen molar-refractivity contribution in [2.75, 3.05) is 0 Å². The summed E-state index contributed by atoms with van der Waals surface area (Å²) in [5.41, 5.74) is 2.25. The van der Waals surface area contributed by atoms with Crippen molar-refractivity contribution in [3.63, 3.8) is 0 Å². The Bertz CT molecular complexity index is 930. The zero-order chi connectivity index (χ0) is 19.2. The van der Waals surface area contributed by atoms with Gasteiger partial charge in [0.05, 0.1) is 18.1 Å². The third-order valence-corrected chi connectivity index (χ3v) is 6.03. The number of rotatable bonds is 3. The largest absolute Gasteiger partial charge is 0.472 e. The van der Waals surface area contributed by atoms with Crippen LogP contribution in [0.25, 0.3) is 0 Å². The molecule has 0 amide bonds. The SMILES string of the molecule is CC1=C2C(=O)O[C@@H](c3ccoc3)[C@]2(C)CC[C@H]1OC(=O)c1cccc(Br)c1. The molecular formula is C21H19BrO5. The highest BCUT2D eigenvalue weighted by atomic mass is 79.9. The number of fused-ring (bicyclic) bond motifs is 1. The lowest BCUT2D eigenvalue weighted by Gasteiger charge is -2.36. The van der Waals surface area contributed by atoms with Crippen LogP contribution in [0.3, 0.4) is 0 Å². The summed E-state index contributed by atoms with van der Waals surface area (Å²) in [6.45, 7) is 3.88. The molecule has 0 spiro atoms. The highest BCUT2D eigenvalue weighted by Gasteiger charge is 2.54. The van der Waals surface area contributed by atoms with Crippen molar-refractivity contribution in [2.24, 2.45) is 5.41 Å². The Kier molecular flexibility index (Phi) is 4.46. The van der Waals surface area contributed by atoms with E-state index in [1.807, 2.05) is 26.0 Å². The van der Waals surface area contributed by atoms with Crippen molar-refractivity contribution in [1.29, 1.82) is 0 Å². The van der Waals surface area contributed by atoms with Gasteiger partial charge >= 0.3 is 11.9 Å². The molecule has 1 aliphatic carbocycles. The molecule has 2 aromatic rings. The molecule has 4 rings (SSSR count). The van der Waals surface area contributed by atoms with Crippen LogP contribution in [-0.4, -0.2) is 18.0 Å². The van der Waals surface area contributed by atoms with E-state index in [-0.39, 0.29) is 12.1 Å². The van der Waals surface area contributed by atoms with Gasteiger partial charge in [-0.1, -0.05) is 28.9 Å². The van der Waals surface area contributed by atoms with Crippen LogP contribution in [-0.2, 0) is 14.3 Å². The number of hydrogen-bond acceptors (Lipinski definition) is 5. The third kappa shape index (κ3) is 3.02. The quantitative estimate of drug-likeness (QED) is 0.642. The first-order valence-electron chi connectivity index (χ1n) is 8.81. The first-order chi connectivity index (χ1) is 12.9. The number of cyclic esters (lactones) is 1. The maximum atomic E-state index is 12.6. The second kappa shape index (κ2) is 6.68. The highest BCUT2D eigenvalue weighted by molar-refractivity contribution is 9.10. The number of benzene rings is 1. The number of carbonyl (C=O) groups is 2. The van der Waals surface area contributed by atoms with Gasteiger partial charge in [0.2, 0.25) is 0 Å². The summed E-state index contributed by atoms with van der Waals surface area (Å²) in [4.78, 5) is 25.1. The predicted octanol–water partition coefficient (Wildman–Crippen LogP) is 4.98. The lowest BCUT2D eigenvalue weighted by molar-refractivity contribution is -0.140. The summed E-state index contributed by atoms with van der Waals surface area (Å²) >= 11 is 3.36. The van der Waals surface area contributed by atoms with Gasteiger partial charge in [0.25, 0.3) is 0 Å². The number of hydrogen-bond donors (Lipinski definition) is 0. The first-order valence-corrected chi connectivity index (χ1v) is 9.60. The Morgan fingerprint density at radius 1 is 1.33 bits per heavy atom. The van der Waals surface area contributed by atoms with E-state index in [2.05, 4.69) is 15.9 Å². The smallest absolute Gasteiger partial charge is 0.338 e. The first kappa shape index (κ1) is 18.0. The van der Waals surface area contributed by atoms with E-state index >= 15 is 0 Å². The monoisotopic (exact) mass is 430 g/mol. The van der Waals surface area contributed by atoms with Crippen LogP contribution >= 0.6 is 15.9 Å². The van der Waals surface area contributed by atoms with E-state index in [0.717, 1.165) is 15.6 Å². The average molecular weight is 431 g/mol. The molecule has 2 aliphatic rings. The normalized spacial score (nSPS) is 27.3. The van der Waals surface area contributed by atoms with Gasteiger partial charge in [-0.05, 0) is 49.6 Å². The van der Waals surface area contributed by atoms with E-state index in [1.165, 1.54) is 0 Å². The molecule has 3 atom stereocenters. The molecule has 5 nitrogen and oxygen atoms in total. The maximum Gasteiger partial charge on any atom is 0.338 e. The molecule has 1 fully saturated rings. The van der Waals surface area contributed by atoms with Gasteiger partial charge in [-0.25, -0.2) is 9.59 Å². The fourth-order valence-electron chi connectivity index (χ4n) is 4.16. The molecule has 1 aromatic carbocycles. The summed E-state index contributed by atoms with van der Waals surface area (Å²) in [5, 5.41) is 0. The van der Waals surface area contributed by atoms with E-state index in [0.29, 0.717) is 24.0 Å². The minimum Gasteiger partial charge on any atom is -0.472 e. The Morgan fingerprint density at radius 2 is 2.15 bits per heavy atom. The average Bonchev–Trinajstić information content (AvgIpc) is 3.24. The molecule has 1 aliphatic heterocycles. The molecule has 0 radical (unpaired) electrons. The summed E-state index contributed by atoms with van der Waals surface area (Å²) in [5.74, 6) is -0.744. The number of halogens is 1. The van der Waals surface area contributed by atoms with Crippen LogP contribution in [0.1, 0.15) is 48.7 Å². The predicted molar refractivity (Wildman–Crippen MR) is 101 cm³/mol. The van der Waals surface area contributed by atoms with Crippen LogP contribution in [0, 0.1) is 5.41 Å². The summed E-state index contributed by atoms with van der Waals surface area (Å²) < 4.78 is 17.4. The highest BCUT2D eigenvalue weighted by Crippen LogP contribution is 2.56. The third-order valence-electron chi connectivity index (χ3n) is 5.54. The second-order valence-electron chi connectivity index (χ2n) is 7.26. The summed E-state index contributed by atoms with van der Waals surface area (Å²) in [6, 6.07) is 8.88. The van der Waals surface area contributed by atoms with Gasteiger partial charge in [-0.15, -0.1) is 0 Å². The Morgan fingerprint density at radius 3 is 2.85 bits per heavy atom. The van der Waals surface area contributed by atoms with Crippen molar-refractivity contribution >= 4 is 27.9 Å². The Balaban J connectivity index is 1.62. The zero-order valence-corrected chi connectivity index (χ0v) is 16.6. The minimum atomic E-state index is -0.455. The number of esters is 2. The van der Waals surface area contributed by atoms with Gasteiger partial charge in [-0.3, -0.25) is 0 Å². The van der Waals surface area contributed by atoms with Gasteiger partial charge in [0, 0.05) is 21.0 Å². The molecule has 27 heavy (non-hydrogen) atoms. The van der Waals surface area contributed by atoms with Crippen molar-refractivity contribution in [2.45, 2.75) is 38.9 Å². The molecule has 0 N–H and O–H groups in total. The lowest BCUT2D eigenvalue weighted by atomic mass is 9.67. The standard InChI is InChI=1S/C21H19BrO5/c1-12-16(26-19(23)13-4-3-5-15(22)10-13)6-8-21(2)17(12)20(24)27-18(21)14-7-9-25-11-14/h3-5,7,9-11,16,18H,6,8H2,1-2H3/t16-,18+,21-/m1/s1. The number of ether oxygens (including phenoxy) is 2. The van der Waals surface area contributed by atoms with Gasteiger partial charge in [0.15, 0.2) is 0 Å². The van der Waals surface area contributed by atoms with Crippen molar-refractivity contribution in [3.05, 3.63) is 69.6 Å². The minimum absolute atomic E-state index is 0.343. The van der Waals surface area contributed by atoms with E-state index in [9.17, 15) is 9.59 Å². The molecule has 0 saturated carbocycles. The molecule has 1 aromatic heterocycles. The van der Waals surface area contributed by atoms with Gasteiger partial charge in [0.1, 0.15) is 12.2 Å². The molecular weight excluding hydrogens is 412 g/mol. The molecule has 1 saturated heterocycles. The van der Waals surface area contributed by atoms with Crippen LogP contribution in [0.4, 0.5) is 0 Å². The molecule has 0 bridgehead atoms. The summed E-state index contributed by atoms with van der Waals surface area (Å²) in [7, 11) is 0. The van der Waals surface area contributed by atoms with Crippen molar-refractivity contribution in [3.8, 4) is 0 Å². The van der Waals surface area contributed by atoms with Crippen LogP contribution in [0.15, 0.2) is 62.9 Å². The summed E-state index contributed by atoms with van der Waals surface area (Å²) in [6.07, 6.45) is 3.69. The van der Waals surface area contributed by atoms with Crippen molar-refractivity contribution < 1.29 is 23.5 Å². The van der Waals surface area contributed by atoms with Gasteiger partial charge < -0.3 is 13.9 Å². The maximum absolute atomic E-state index is 12.6. The van der Waals surface area contributed by atoms with Crippen LogP contribution in [0.2, 0.25) is 0 Å². The van der Waals surface area contributed by atoms with Crippen LogP contribution in [0.5, 0.6) is 0 Å². The van der Waals surface area contributed by atoms with Gasteiger partial charge in [-0.2, -0.15) is 0 Å². The Hall–Kier alpha value is -2.34. The van der Waals surface area contributed by atoms with Crippen LogP contribution < -0.4 is 0 Å².